The summed E-state index contributed by atoms with van der Waals surface area (Å²) >= 11 is 0. The molecule has 1 saturated heterocycles. The molecule has 38 heavy (non-hydrogen) atoms. The Bertz CT molecular complexity index is 1300. The van der Waals surface area contributed by atoms with E-state index in [0.717, 1.165) is 23.5 Å². The van der Waals surface area contributed by atoms with Gasteiger partial charge in [-0.05, 0) is 32.2 Å². The normalized spacial score (nSPS) is 13.4. The van der Waals surface area contributed by atoms with Crippen LogP contribution < -0.4 is 20.3 Å². The molecule has 2 aromatic heterocycles. The summed E-state index contributed by atoms with van der Waals surface area (Å²) in [6.45, 7) is 9.87. The lowest BCUT2D eigenvalue weighted by Gasteiger charge is -2.37. The number of methoxy groups -OCH3 is 1. The van der Waals surface area contributed by atoms with Gasteiger partial charge in [0.15, 0.2) is 5.82 Å². The van der Waals surface area contributed by atoms with Gasteiger partial charge in [0.25, 0.3) is 0 Å². The number of amides is 1. The molecule has 4 rings (SSSR count). The number of ether oxygens (including phenoxy) is 2. The van der Waals surface area contributed by atoms with E-state index in [2.05, 4.69) is 45.8 Å². The number of benzene rings is 1. The molecule has 0 bridgehead atoms. The van der Waals surface area contributed by atoms with E-state index in [1.807, 2.05) is 45.5 Å². The Morgan fingerprint density at radius 1 is 1.29 bits per heavy atom. The van der Waals surface area contributed by atoms with Crippen LogP contribution in [0.15, 0.2) is 43.2 Å². The molecule has 1 fully saturated rings. The first-order valence-electron chi connectivity index (χ1n) is 12.5. The molecule has 3 aromatic rings. The quantitative estimate of drug-likeness (QED) is 0.367. The molecule has 3 heterocycles. The van der Waals surface area contributed by atoms with E-state index in [9.17, 15) is 4.79 Å². The molecule has 0 radical (unpaired) electrons. The molecule has 11 heteroatoms. The molecule has 11 nitrogen and oxygen atoms in total. The van der Waals surface area contributed by atoms with Crippen molar-refractivity contribution in [3.63, 3.8) is 0 Å². The molecule has 1 aliphatic heterocycles. The van der Waals surface area contributed by atoms with E-state index in [4.69, 9.17) is 19.6 Å². The Kier molecular flexibility index (Phi) is 8.28. The summed E-state index contributed by atoms with van der Waals surface area (Å²) < 4.78 is 12.8. The number of aromatic nitrogens is 4. The summed E-state index contributed by atoms with van der Waals surface area (Å²) in [7, 11) is 7.64. The summed E-state index contributed by atoms with van der Waals surface area (Å²) in [5.41, 5.74) is 4.19. The highest BCUT2D eigenvalue weighted by molar-refractivity contribution is 6.02. The van der Waals surface area contributed by atoms with Crippen LogP contribution in [0.25, 0.3) is 5.82 Å². The van der Waals surface area contributed by atoms with Gasteiger partial charge < -0.3 is 29.9 Å². The third kappa shape index (κ3) is 5.95. The van der Waals surface area contributed by atoms with Crippen molar-refractivity contribution in [3.05, 3.63) is 54.5 Å². The first-order chi connectivity index (χ1) is 18.2. The van der Waals surface area contributed by atoms with Gasteiger partial charge in [-0.25, -0.2) is 9.67 Å². The van der Waals surface area contributed by atoms with Gasteiger partial charge in [0.2, 0.25) is 11.9 Å². The van der Waals surface area contributed by atoms with Crippen LogP contribution in [0.4, 0.5) is 23.0 Å². The van der Waals surface area contributed by atoms with Crippen LogP contribution in [-0.4, -0.2) is 78.1 Å². The zero-order valence-electron chi connectivity index (χ0n) is 22.9. The molecule has 1 aromatic carbocycles. The minimum Gasteiger partial charge on any atom is -0.494 e. The molecule has 0 unspecified atom stereocenters. The molecule has 0 spiro atoms. The predicted molar refractivity (Wildman–Crippen MR) is 149 cm³/mol. The van der Waals surface area contributed by atoms with E-state index < -0.39 is 0 Å². The second-order valence-corrected chi connectivity index (χ2v) is 9.81. The largest absolute Gasteiger partial charge is 0.494 e. The number of nitrogens with one attached hydrogen (secondary N) is 2. The van der Waals surface area contributed by atoms with E-state index in [-0.39, 0.29) is 17.9 Å². The van der Waals surface area contributed by atoms with Crippen molar-refractivity contribution in [2.45, 2.75) is 32.4 Å². The number of hydrogen-bond donors (Lipinski definition) is 2. The molecule has 0 aliphatic carbocycles. The predicted octanol–water partition coefficient (Wildman–Crippen LogP) is 3.56. The van der Waals surface area contributed by atoms with Gasteiger partial charge in [-0.1, -0.05) is 20.4 Å². The minimum atomic E-state index is -0.313. The number of likely N-dealkylation sites (N-methyl/N-ethyl adjacent to an activating group) is 1. The van der Waals surface area contributed by atoms with Gasteiger partial charge >= 0.3 is 0 Å². The first kappa shape index (κ1) is 27.1. The van der Waals surface area contributed by atoms with Crippen LogP contribution in [0.5, 0.6) is 5.75 Å². The third-order valence-corrected chi connectivity index (χ3v) is 6.29. The summed E-state index contributed by atoms with van der Waals surface area (Å²) in [6, 6.07) is 5.70. The third-order valence-electron chi connectivity index (χ3n) is 6.29. The van der Waals surface area contributed by atoms with Crippen molar-refractivity contribution >= 4 is 28.9 Å². The molecule has 0 saturated carbocycles. The number of hydrogen-bond acceptors (Lipinski definition) is 9. The lowest BCUT2D eigenvalue weighted by atomic mass is 10.1. The van der Waals surface area contributed by atoms with Crippen molar-refractivity contribution < 1.29 is 14.3 Å². The molecule has 2 N–H and O–H groups in total. The lowest BCUT2D eigenvalue weighted by molar-refractivity contribution is -0.111. The maximum atomic E-state index is 12.2. The monoisotopic (exact) mass is 520 g/mol. The van der Waals surface area contributed by atoms with E-state index in [1.54, 1.807) is 18.0 Å². The Labute approximate surface area is 223 Å². The average Bonchev–Trinajstić information content (AvgIpc) is 3.26. The van der Waals surface area contributed by atoms with Crippen molar-refractivity contribution in [1.29, 1.82) is 0 Å². The van der Waals surface area contributed by atoms with Crippen LogP contribution in [0.2, 0.25) is 0 Å². The van der Waals surface area contributed by atoms with E-state index in [0.29, 0.717) is 42.1 Å². The van der Waals surface area contributed by atoms with Crippen molar-refractivity contribution in [2.75, 3.05) is 57.0 Å². The van der Waals surface area contributed by atoms with Gasteiger partial charge in [-0.3, -0.25) is 4.79 Å². The molecule has 0 atom stereocenters. The standard InChI is InChI=1S/C27H36N8O3/c1-8-25(36)29-20-11-21(23(37-7)12-22(20)34(6)19-15-38-16-19)30-27-28-10-9-24(31-27)35-14-18(13-33(4)5)26(32-35)17(2)3/h8-12,14,17,19H,1,13,15-16H2,2-7H3,(H,29,36)(H,28,30,31). The van der Waals surface area contributed by atoms with Crippen molar-refractivity contribution in [2.24, 2.45) is 0 Å². The van der Waals surface area contributed by atoms with Crippen LogP contribution in [0.1, 0.15) is 31.0 Å². The van der Waals surface area contributed by atoms with Crippen molar-refractivity contribution in [3.8, 4) is 11.6 Å². The topological polar surface area (TPSA) is 110 Å². The Balaban J connectivity index is 1.68. The number of anilines is 4. The maximum Gasteiger partial charge on any atom is 0.247 e. The van der Waals surface area contributed by atoms with Gasteiger partial charge in [0, 0.05) is 43.7 Å². The number of nitrogens with zero attached hydrogens (tertiary/aromatic N) is 6. The lowest BCUT2D eigenvalue weighted by Crippen LogP contribution is -2.47. The Morgan fingerprint density at radius 2 is 2.05 bits per heavy atom. The highest BCUT2D eigenvalue weighted by Gasteiger charge is 2.26. The smallest absolute Gasteiger partial charge is 0.247 e. The number of carbonyl (C=O) groups excluding carboxylic acids is 1. The van der Waals surface area contributed by atoms with Gasteiger partial charge in [0.05, 0.1) is 49.1 Å². The summed E-state index contributed by atoms with van der Waals surface area (Å²) in [4.78, 5) is 25.5. The first-order valence-corrected chi connectivity index (χ1v) is 12.5. The zero-order valence-corrected chi connectivity index (χ0v) is 22.9. The summed E-state index contributed by atoms with van der Waals surface area (Å²) in [5, 5.41) is 11.0. The van der Waals surface area contributed by atoms with Crippen LogP contribution in [0.3, 0.4) is 0 Å². The van der Waals surface area contributed by atoms with Crippen LogP contribution in [0, 0.1) is 0 Å². The number of rotatable bonds is 11. The summed E-state index contributed by atoms with van der Waals surface area (Å²) in [6.07, 6.45) is 4.93. The molecule has 202 valence electrons. The molecular weight excluding hydrogens is 484 g/mol. The van der Waals surface area contributed by atoms with E-state index >= 15 is 0 Å². The number of carbonyl (C=O) groups is 1. The van der Waals surface area contributed by atoms with E-state index in [1.165, 1.54) is 6.08 Å². The second-order valence-electron chi connectivity index (χ2n) is 9.81. The SMILES string of the molecule is C=CC(=O)Nc1cc(Nc2nccc(-n3cc(CN(C)C)c(C(C)C)n3)n2)c(OC)cc1N(C)C1COC1. The average molecular weight is 521 g/mol. The fourth-order valence-corrected chi connectivity index (χ4v) is 4.20. The second kappa shape index (κ2) is 11.6. The zero-order chi connectivity index (χ0) is 27.4. The van der Waals surface area contributed by atoms with Crippen molar-refractivity contribution in [1.82, 2.24) is 24.6 Å². The summed E-state index contributed by atoms with van der Waals surface area (Å²) in [5.74, 6) is 1.54. The maximum absolute atomic E-state index is 12.2. The molecule has 1 aliphatic rings. The highest BCUT2D eigenvalue weighted by atomic mass is 16.5. The van der Waals surface area contributed by atoms with Gasteiger partial charge in [-0.2, -0.15) is 10.1 Å². The van der Waals surface area contributed by atoms with Gasteiger partial charge in [0.1, 0.15) is 5.75 Å². The van der Waals surface area contributed by atoms with Crippen LogP contribution >= 0.6 is 0 Å². The molecular formula is C27H36N8O3. The fourth-order valence-electron chi connectivity index (χ4n) is 4.20. The molecule has 1 amide bonds. The Hall–Kier alpha value is -3.96. The fraction of sp³-hybridized carbons (Fsp3) is 0.407. The minimum absolute atomic E-state index is 0.208. The van der Waals surface area contributed by atoms with Gasteiger partial charge in [-0.15, -0.1) is 0 Å². The Morgan fingerprint density at radius 3 is 2.66 bits per heavy atom. The highest BCUT2D eigenvalue weighted by Crippen LogP contribution is 2.39. The van der Waals surface area contributed by atoms with Crippen LogP contribution in [-0.2, 0) is 16.1 Å².